The van der Waals surface area contributed by atoms with Gasteiger partial charge in [0.25, 0.3) is 0 Å². The van der Waals surface area contributed by atoms with Gasteiger partial charge in [-0.05, 0) is 59.3 Å². The molecule has 3 nitrogen and oxygen atoms in total. The summed E-state index contributed by atoms with van der Waals surface area (Å²) >= 11 is 8.74. The lowest BCUT2D eigenvalue weighted by Crippen LogP contribution is -2.03. The lowest BCUT2D eigenvalue weighted by atomic mass is 10.1. The summed E-state index contributed by atoms with van der Waals surface area (Å²) in [6.45, 7) is 1.45. The number of halogens is 3. The van der Waals surface area contributed by atoms with E-state index >= 15 is 0 Å². The van der Waals surface area contributed by atoms with E-state index < -0.39 is 6.67 Å². The molecule has 2 aromatic carbocycles. The molecule has 0 saturated heterocycles. The third-order valence-corrected chi connectivity index (χ3v) is 5.68. The Bertz CT molecular complexity index is 1120. The number of rotatable bonds is 4. The van der Waals surface area contributed by atoms with Gasteiger partial charge in [-0.1, -0.05) is 48.0 Å². The minimum absolute atomic E-state index is 0.532. The van der Waals surface area contributed by atoms with Gasteiger partial charge < -0.3 is 5.32 Å². The van der Waals surface area contributed by atoms with Gasteiger partial charge in [0.2, 0.25) is 0 Å². The highest BCUT2D eigenvalue weighted by Gasteiger charge is 2.19. The number of aryl methyl sites for hydroxylation is 1. The molecular weight excluding hydrogens is 476 g/mol. The van der Waals surface area contributed by atoms with Gasteiger partial charge in [-0.3, -0.25) is 4.40 Å². The van der Waals surface area contributed by atoms with Crippen molar-refractivity contribution in [1.29, 1.82) is 0 Å². The SMILES string of the molecule is Cc1cccc(I)c1Nc1c(-c2ccccc2Cl)nc2cccc(CF)n12. The van der Waals surface area contributed by atoms with Crippen LogP contribution in [0.3, 0.4) is 0 Å². The van der Waals surface area contributed by atoms with E-state index in [-0.39, 0.29) is 0 Å². The zero-order valence-electron chi connectivity index (χ0n) is 14.5. The van der Waals surface area contributed by atoms with E-state index in [2.05, 4.69) is 27.9 Å². The Morgan fingerprint density at radius 2 is 1.85 bits per heavy atom. The van der Waals surface area contributed by atoms with Crippen LogP contribution in [-0.2, 0) is 6.67 Å². The molecule has 4 rings (SSSR count). The third-order valence-electron chi connectivity index (χ3n) is 4.46. The molecule has 0 amide bonds. The fraction of sp³-hybridized carbons (Fsp3) is 0.0952. The van der Waals surface area contributed by atoms with E-state index in [1.165, 1.54) is 0 Å². The van der Waals surface area contributed by atoms with Crippen LogP contribution in [0.15, 0.2) is 60.7 Å². The molecule has 136 valence electrons. The van der Waals surface area contributed by atoms with E-state index in [4.69, 9.17) is 16.6 Å². The summed E-state index contributed by atoms with van der Waals surface area (Å²) in [5.41, 5.74) is 4.77. The Labute approximate surface area is 175 Å². The van der Waals surface area contributed by atoms with Crippen LogP contribution < -0.4 is 5.32 Å². The molecule has 4 aromatic rings. The molecule has 0 aliphatic carbocycles. The molecule has 0 fully saturated rings. The average molecular weight is 492 g/mol. The zero-order chi connectivity index (χ0) is 19.0. The standard InChI is InChI=1S/C21H16ClFIN3/c1-13-6-4-10-17(24)19(13)26-21-20(15-8-2-3-9-16(15)22)25-18-11-5-7-14(12-23)27(18)21/h2-11,26H,12H2,1H3. The van der Waals surface area contributed by atoms with E-state index in [0.717, 1.165) is 20.4 Å². The first-order valence-electron chi connectivity index (χ1n) is 8.43. The molecule has 0 aliphatic rings. The maximum atomic E-state index is 13.7. The molecule has 0 saturated carbocycles. The van der Waals surface area contributed by atoms with Crippen LogP contribution in [-0.4, -0.2) is 9.38 Å². The largest absolute Gasteiger partial charge is 0.338 e. The number of anilines is 2. The van der Waals surface area contributed by atoms with Gasteiger partial charge in [0.1, 0.15) is 23.8 Å². The number of hydrogen-bond acceptors (Lipinski definition) is 2. The van der Waals surface area contributed by atoms with Crippen molar-refractivity contribution in [2.24, 2.45) is 0 Å². The van der Waals surface area contributed by atoms with E-state index in [1.807, 2.05) is 65.9 Å². The second kappa shape index (κ2) is 7.48. The molecule has 0 aliphatic heterocycles. The van der Waals surface area contributed by atoms with Crippen molar-refractivity contribution in [3.05, 3.63) is 80.5 Å². The molecule has 2 heterocycles. The van der Waals surface area contributed by atoms with Crippen LogP contribution >= 0.6 is 34.2 Å². The van der Waals surface area contributed by atoms with Gasteiger partial charge in [0.15, 0.2) is 0 Å². The molecule has 1 N–H and O–H groups in total. The number of fused-ring (bicyclic) bond motifs is 1. The Hall–Kier alpha value is -2.12. The van der Waals surface area contributed by atoms with Crippen molar-refractivity contribution < 1.29 is 4.39 Å². The van der Waals surface area contributed by atoms with Gasteiger partial charge in [-0.15, -0.1) is 0 Å². The van der Waals surface area contributed by atoms with Gasteiger partial charge in [-0.2, -0.15) is 0 Å². The maximum Gasteiger partial charge on any atom is 0.143 e. The number of imidazole rings is 1. The molecule has 0 bridgehead atoms. The summed E-state index contributed by atoms with van der Waals surface area (Å²) in [4.78, 5) is 4.75. The summed E-state index contributed by atoms with van der Waals surface area (Å²) < 4.78 is 16.6. The molecule has 0 spiro atoms. The van der Waals surface area contributed by atoms with Crippen molar-refractivity contribution in [3.63, 3.8) is 0 Å². The summed E-state index contributed by atoms with van der Waals surface area (Å²) in [5.74, 6) is 0.707. The highest BCUT2D eigenvalue weighted by molar-refractivity contribution is 14.1. The number of hydrogen-bond donors (Lipinski definition) is 1. The Balaban J connectivity index is 2.02. The molecule has 0 unspecified atom stereocenters. The van der Waals surface area contributed by atoms with Crippen LogP contribution in [0.1, 0.15) is 11.3 Å². The first-order valence-corrected chi connectivity index (χ1v) is 9.89. The van der Waals surface area contributed by atoms with Crippen molar-refractivity contribution in [1.82, 2.24) is 9.38 Å². The average Bonchev–Trinajstić information content (AvgIpc) is 3.03. The van der Waals surface area contributed by atoms with Crippen molar-refractivity contribution in [2.45, 2.75) is 13.6 Å². The number of aromatic nitrogens is 2. The normalized spacial score (nSPS) is 11.1. The van der Waals surface area contributed by atoms with Crippen molar-refractivity contribution >= 4 is 51.3 Å². The van der Waals surface area contributed by atoms with Crippen LogP contribution in [0.4, 0.5) is 15.9 Å². The molecule has 27 heavy (non-hydrogen) atoms. The summed E-state index contributed by atoms with van der Waals surface area (Å²) in [5, 5.41) is 4.10. The maximum absolute atomic E-state index is 13.7. The predicted molar refractivity (Wildman–Crippen MR) is 118 cm³/mol. The predicted octanol–water partition coefficient (Wildman–Crippen LogP) is 6.78. The number of para-hydroxylation sites is 1. The number of benzene rings is 2. The second-order valence-electron chi connectivity index (χ2n) is 6.19. The smallest absolute Gasteiger partial charge is 0.143 e. The van der Waals surface area contributed by atoms with E-state index in [9.17, 15) is 4.39 Å². The van der Waals surface area contributed by atoms with Gasteiger partial charge >= 0.3 is 0 Å². The van der Waals surface area contributed by atoms with Crippen LogP contribution in [0.5, 0.6) is 0 Å². The van der Waals surface area contributed by atoms with E-state index in [1.54, 1.807) is 6.07 Å². The second-order valence-corrected chi connectivity index (χ2v) is 7.76. The molecule has 0 radical (unpaired) electrons. The summed E-state index contributed by atoms with van der Waals surface area (Å²) in [6, 6.07) is 19.1. The van der Waals surface area contributed by atoms with Gasteiger partial charge in [0.05, 0.1) is 16.4 Å². The quantitative estimate of drug-likeness (QED) is 0.319. The molecule has 0 atom stereocenters. The van der Waals surface area contributed by atoms with Crippen LogP contribution in [0.2, 0.25) is 5.02 Å². The lowest BCUT2D eigenvalue weighted by molar-refractivity contribution is 0.473. The number of nitrogens with zero attached hydrogens (tertiary/aromatic N) is 2. The molecule has 2 aromatic heterocycles. The zero-order valence-corrected chi connectivity index (χ0v) is 17.4. The number of nitrogens with one attached hydrogen (secondary N) is 1. The molecule has 6 heteroatoms. The minimum atomic E-state index is -0.588. The highest BCUT2D eigenvalue weighted by Crippen LogP contribution is 2.37. The Morgan fingerprint density at radius 1 is 1.07 bits per heavy atom. The monoisotopic (exact) mass is 491 g/mol. The van der Waals surface area contributed by atoms with E-state index in [0.29, 0.717) is 27.9 Å². The first-order chi connectivity index (χ1) is 13.1. The van der Waals surface area contributed by atoms with Gasteiger partial charge in [-0.25, -0.2) is 9.37 Å². The third kappa shape index (κ3) is 3.30. The topological polar surface area (TPSA) is 29.3 Å². The number of pyridine rings is 1. The number of alkyl halides is 1. The van der Waals surface area contributed by atoms with Gasteiger partial charge in [0, 0.05) is 9.13 Å². The minimum Gasteiger partial charge on any atom is -0.338 e. The van der Waals surface area contributed by atoms with Crippen LogP contribution in [0.25, 0.3) is 16.9 Å². The lowest BCUT2D eigenvalue weighted by Gasteiger charge is -2.15. The van der Waals surface area contributed by atoms with Crippen molar-refractivity contribution in [2.75, 3.05) is 5.32 Å². The summed E-state index contributed by atoms with van der Waals surface area (Å²) in [7, 11) is 0. The van der Waals surface area contributed by atoms with Crippen LogP contribution in [0, 0.1) is 10.5 Å². The molecular formula is C21H16ClFIN3. The van der Waals surface area contributed by atoms with Crippen molar-refractivity contribution in [3.8, 4) is 11.3 Å². The fourth-order valence-electron chi connectivity index (χ4n) is 3.13. The Morgan fingerprint density at radius 3 is 2.59 bits per heavy atom. The fourth-order valence-corrected chi connectivity index (χ4v) is 4.12. The highest BCUT2D eigenvalue weighted by atomic mass is 127. The summed E-state index contributed by atoms with van der Waals surface area (Å²) in [6.07, 6.45) is 0. The Kier molecular flexibility index (Phi) is 5.06. The first kappa shape index (κ1) is 18.3.